The molecule has 0 radical (unpaired) electrons. The van der Waals surface area contributed by atoms with Gasteiger partial charge in [0, 0.05) is 11.8 Å². The molecule has 0 aliphatic carbocycles. The van der Waals surface area contributed by atoms with Gasteiger partial charge in [0.05, 0.1) is 18.3 Å². The van der Waals surface area contributed by atoms with Crippen LogP contribution in [0.2, 0.25) is 0 Å². The van der Waals surface area contributed by atoms with E-state index in [1.54, 1.807) is 43.6 Å². The highest BCUT2D eigenvalue weighted by Crippen LogP contribution is 2.25. The van der Waals surface area contributed by atoms with Gasteiger partial charge in [-0.2, -0.15) is 0 Å². The minimum atomic E-state index is -0.557. The molecular formula is C16H19FN2O. The molecule has 2 aromatic rings. The number of pyridine rings is 1. The highest BCUT2D eigenvalue weighted by Gasteiger charge is 2.16. The van der Waals surface area contributed by atoms with E-state index in [0.717, 1.165) is 5.56 Å². The molecule has 1 aromatic heterocycles. The molecule has 2 rings (SSSR count). The van der Waals surface area contributed by atoms with Crippen LogP contribution in [0.25, 0.3) is 0 Å². The standard InChI is InChI=1S/C16H19FN2O/c1-10(2)20-13-7-12(8-19-9-13)16(18)14-6-4-5-11(3)15(14)17/h4-10,16H,18H2,1-3H3. The lowest BCUT2D eigenvalue weighted by Gasteiger charge is -2.16. The summed E-state index contributed by atoms with van der Waals surface area (Å²) in [6, 6.07) is 6.47. The highest BCUT2D eigenvalue weighted by molar-refractivity contribution is 5.36. The van der Waals surface area contributed by atoms with E-state index >= 15 is 0 Å². The molecule has 1 heterocycles. The largest absolute Gasteiger partial charge is 0.489 e. The SMILES string of the molecule is Cc1cccc(C(N)c2cncc(OC(C)C)c2)c1F. The Labute approximate surface area is 118 Å². The van der Waals surface area contributed by atoms with E-state index in [9.17, 15) is 4.39 Å². The predicted molar refractivity (Wildman–Crippen MR) is 77.2 cm³/mol. The van der Waals surface area contributed by atoms with Crippen LogP contribution in [0.1, 0.15) is 36.6 Å². The fourth-order valence-electron chi connectivity index (χ4n) is 2.03. The van der Waals surface area contributed by atoms with Crippen molar-refractivity contribution in [1.29, 1.82) is 0 Å². The second-order valence-corrected chi connectivity index (χ2v) is 5.08. The molecule has 0 saturated carbocycles. The Hall–Kier alpha value is -1.94. The van der Waals surface area contributed by atoms with Crippen molar-refractivity contribution in [3.63, 3.8) is 0 Å². The Morgan fingerprint density at radius 3 is 2.70 bits per heavy atom. The third-order valence-electron chi connectivity index (χ3n) is 3.02. The molecule has 1 atom stereocenters. The Balaban J connectivity index is 2.33. The molecule has 1 aromatic carbocycles. The van der Waals surface area contributed by atoms with E-state index < -0.39 is 6.04 Å². The fraction of sp³-hybridized carbons (Fsp3) is 0.312. The summed E-state index contributed by atoms with van der Waals surface area (Å²) in [4.78, 5) is 4.11. The first-order valence-electron chi connectivity index (χ1n) is 6.61. The van der Waals surface area contributed by atoms with Gasteiger partial charge in [0.1, 0.15) is 11.6 Å². The van der Waals surface area contributed by atoms with E-state index in [1.165, 1.54) is 0 Å². The Morgan fingerprint density at radius 1 is 1.25 bits per heavy atom. The normalized spacial score (nSPS) is 12.5. The van der Waals surface area contributed by atoms with Crippen LogP contribution in [0.5, 0.6) is 5.75 Å². The highest BCUT2D eigenvalue weighted by atomic mass is 19.1. The first kappa shape index (κ1) is 14.5. The molecule has 2 N–H and O–H groups in total. The average molecular weight is 274 g/mol. The summed E-state index contributed by atoms with van der Waals surface area (Å²) in [6.45, 7) is 5.60. The third-order valence-corrected chi connectivity index (χ3v) is 3.02. The summed E-state index contributed by atoms with van der Waals surface area (Å²) in [5.74, 6) is 0.371. The van der Waals surface area contributed by atoms with Crippen molar-refractivity contribution >= 4 is 0 Å². The monoisotopic (exact) mass is 274 g/mol. The molecule has 4 heteroatoms. The maximum Gasteiger partial charge on any atom is 0.138 e. The second-order valence-electron chi connectivity index (χ2n) is 5.08. The van der Waals surface area contributed by atoms with E-state index in [0.29, 0.717) is 16.9 Å². The topological polar surface area (TPSA) is 48.1 Å². The van der Waals surface area contributed by atoms with Gasteiger partial charge in [-0.1, -0.05) is 18.2 Å². The van der Waals surface area contributed by atoms with Crippen molar-refractivity contribution in [1.82, 2.24) is 4.98 Å². The molecule has 0 aliphatic rings. The maximum atomic E-state index is 14.1. The quantitative estimate of drug-likeness (QED) is 0.930. The van der Waals surface area contributed by atoms with Crippen LogP contribution in [0.3, 0.4) is 0 Å². The van der Waals surface area contributed by atoms with Crippen molar-refractivity contribution < 1.29 is 9.13 Å². The molecule has 106 valence electrons. The zero-order chi connectivity index (χ0) is 14.7. The molecular weight excluding hydrogens is 255 g/mol. The summed E-state index contributed by atoms with van der Waals surface area (Å²) >= 11 is 0. The molecule has 0 saturated heterocycles. The van der Waals surface area contributed by atoms with Crippen LogP contribution in [0, 0.1) is 12.7 Å². The van der Waals surface area contributed by atoms with Gasteiger partial charge in [0.2, 0.25) is 0 Å². The van der Waals surface area contributed by atoms with E-state index in [1.807, 2.05) is 13.8 Å². The van der Waals surface area contributed by atoms with Gasteiger partial charge >= 0.3 is 0 Å². The summed E-state index contributed by atoms with van der Waals surface area (Å²) in [5.41, 5.74) is 7.93. The van der Waals surface area contributed by atoms with Crippen molar-refractivity contribution in [2.45, 2.75) is 32.9 Å². The van der Waals surface area contributed by atoms with Gasteiger partial charge < -0.3 is 10.5 Å². The molecule has 0 fully saturated rings. The summed E-state index contributed by atoms with van der Waals surface area (Å²) in [7, 11) is 0. The van der Waals surface area contributed by atoms with Crippen molar-refractivity contribution in [2.24, 2.45) is 5.73 Å². The average Bonchev–Trinajstić information content (AvgIpc) is 2.41. The number of ether oxygens (including phenoxy) is 1. The first-order valence-corrected chi connectivity index (χ1v) is 6.61. The summed E-state index contributed by atoms with van der Waals surface area (Å²) in [6.07, 6.45) is 3.32. The number of aromatic nitrogens is 1. The minimum absolute atomic E-state index is 0.0546. The van der Waals surface area contributed by atoms with Gasteiger partial charge in [-0.15, -0.1) is 0 Å². The zero-order valence-corrected chi connectivity index (χ0v) is 11.9. The van der Waals surface area contributed by atoms with Crippen LogP contribution in [0.4, 0.5) is 4.39 Å². The van der Waals surface area contributed by atoms with Crippen molar-refractivity contribution in [2.75, 3.05) is 0 Å². The second kappa shape index (κ2) is 6.01. The van der Waals surface area contributed by atoms with E-state index in [4.69, 9.17) is 10.5 Å². The predicted octanol–water partition coefficient (Wildman–Crippen LogP) is 3.36. The smallest absolute Gasteiger partial charge is 0.138 e. The first-order chi connectivity index (χ1) is 9.49. The van der Waals surface area contributed by atoms with Gasteiger partial charge in [0.25, 0.3) is 0 Å². The maximum absolute atomic E-state index is 14.1. The Morgan fingerprint density at radius 2 is 2.00 bits per heavy atom. The van der Waals surface area contributed by atoms with Crippen LogP contribution in [-0.4, -0.2) is 11.1 Å². The summed E-state index contributed by atoms with van der Waals surface area (Å²) in [5, 5.41) is 0. The Bertz CT molecular complexity index is 599. The number of nitrogens with two attached hydrogens (primary N) is 1. The number of aryl methyl sites for hydroxylation is 1. The minimum Gasteiger partial charge on any atom is -0.489 e. The lowest BCUT2D eigenvalue weighted by atomic mass is 9.98. The number of rotatable bonds is 4. The van der Waals surface area contributed by atoms with Gasteiger partial charge in [-0.05, 0) is 38.0 Å². The van der Waals surface area contributed by atoms with Gasteiger partial charge in [-0.25, -0.2) is 4.39 Å². The fourth-order valence-corrected chi connectivity index (χ4v) is 2.03. The molecule has 20 heavy (non-hydrogen) atoms. The van der Waals surface area contributed by atoms with Crippen molar-refractivity contribution in [3.8, 4) is 5.75 Å². The number of benzene rings is 1. The lowest BCUT2D eigenvalue weighted by Crippen LogP contribution is -2.15. The van der Waals surface area contributed by atoms with Gasteiger partial charge in [-0.3, -0.25) is 4.98 Å². The van der Waals surface area contributed by atoms with Crippen LogP contribution < -0.4 is 10.5 Å². The van der Waals surface area contributed by atoms with Crippen LogP contribution in [-0.2, 0) is 0 Å². The Kier molecular flexibility index (Phi) is 4.35. The van der Waals surface area contributed by atoms with E-state index in [-0.39, 0.29) is 11.9 Å². The van der Waals surface area contributed by atoms with E-state index in [2.05, 4.69) is 4.98 Å². The third kappa shape index (κ3) is 3.14. The molecule has 3 nitrogen and oxygen atoms in total. The van der Waals surface area contributed by atoms with Gasteiger partial charge in [0.15, 0.2) is 0 Å². The van der Waals surface area contributed by atoms with Crippen LogP contribution in [0.15, 0.2) is 36.7 Å². The molecule has 1 unspecified atom stereocenters. The number of nitrogens with zero attached hydrogens (tertiary/aromatic N) is 1. The number of halogens is 1. The number of hydrogen-bond acceptors (Lipinski definition) is 3. The lowest BCUT2D eigenvalue weighted by molar-refractivity contribution is 0.241. The van der Waals surface area contributed by atoms with Crippen molar-refractivity contribution in [3.05, 3.63) is 59.2 Å². The molecule has 0 amide bonds. The zero-order valence-electron chi connectivity index (χ0n) is 11.9. The summed E-state index contributed by atoms with van der Waals surface area (Å²) < 4.78 is 19.7. The molecule has 0 bridgehead atoms. The molecule has 0 spiro atoms. The number of hydrogen-bond donors (Lipinski definition) is 1. The van der Waals surface area contributed by atoms with Crippen LogP contribution >= 0.6 is 0 Å². The molecule has 0 aliphatic heterocycles.